The lowest BCUT2D eigenvalue weighted by molar-refractivity contribution is 0.278. The first-order chi connectivity index (χ1) is 5.13. The Kier molecular flexibility index (Phi) is 2.00. The second-order valence-corrected chi connectivity index (χ2v) is 2.52. The molecule has 1 heterocycles. The predicted molar refractivity (Wildman–Crippen MR) is 40.0 cm³/mol. The van der Waals surface area contributed by atoms with Crippen LogP contribution in [0.15, 0.2) is 10.7 Å². The van der Waals surface area contributed by atoms with Gasteiger partial charge in [-0.3, -0.25) is 0 Å². The van der Waals surface area contributed by atoms with Crippen molar-refractivity contribution in [3.63, 3.8) is 0 Å². The van der Waals surface area contributed by atoms with E-state index in [1.807, 2.05) is 13.8 Å². The number of aromatic hydroxyl groups is 1. The van der Waals surface area contributed by atoms with Gasteiger partial charge in [-0.05, 0) is 13.8 Å². The molecule has 0 unspecified atom stereocenters. The molecule has 5 nitrogen and oxygen atoms in total. The smallest absolute Gasteiger partial charge is 0.333 e. The number of hydrazine groups is 1. The number of nitrogens with zero attached hydrogens (tertiary/aromatic N) is 2. The van der Waals surface area contributed by atoms with Crippen molar-refractivity contribution in [3.8, 4) is 5.95 Å². The maximum atomic E-state index is 9.02. The number of hydrogen-bond acceptors (Lipinski definition) is 5. The van der Waals surface area contributed by atoms with E-state index in [4.69, 9.17) is 10.9 Å². The Bertz CT molecular complexity index is 233. The fourth-order valence-electron chi connectivity index (χ4n) is 0.683. The van der Waals surface area contributed by atoms with Crippen LogP contribution >= 0.6 is 0 Å². The Morgan fingerprint density at radius 3 is 2.73 bits per heavy atom. The van der Waals surface area contributed by atoms with E-state index in [9.17, 15) is 0 Å². The van der Waals surface area contributed by atoms with E-state index < -0.39 is 0 Å². The Labute approximate surface area is 64.4 Å². The van der Waals surface area contributed by atoms with E-state index in [1.165, 1.54) is 11.2 Å². The van der Waals surface area contributed by atoms with Gasteiger partial charge in [0.05, 0.1) is 6.20 Å². The van der Waals surface area contributed by atoms with Crippen molar-refractivity contribution in [3.05, 3.63) is 6.20 Å². The van der Waals surface area contributed by atoms with E-state index >= 15 is 0 Å². The van der Waals surface area contributed by atoms with Crippen molar-refractivity contribution in [2.45, 2.75) is 19.9 Å². The van der Waals surface area contributed by atoms with Crippen molar-refractivity contribution in [1.29, 1.82) is 0 Å². The Balaban J connectivity index is 2.84. The van der Waals surface area contributed by atoms with Gasteiger partial charge in [-0.1, -0.05) is 5.16 Å². The molecule has 0 radical (unpaired) electrons. The lowest BCUT2D eigenvalue weighted by Gasteiger charge is -2.19. The van der Waals surface area contributed by atoms with E-state index in [0.29, 0.717) is 5.69 Å². The van der Waals surface area contributed by atoms with Gasteiger partial charge in [0, 0.05) is 6.04 Å². The number of aromatic nitrogens is 1. The summed E-state index contributed by atoms with van der Waals surface area (Å²) in [6.45, 7) is 3.79. The largest absolute Gasteiger partial charge is 0.478 e. The minimum absolute atomic E-state index is 0.0975. The minimum atomic E-state index is -0.249. The van der Waals surface area contributed by atoms with Crippen LogP contribution in [0.4, 0.5) is 5.69 Å². The van der Waals surface area contributed by atoms with Crippen molar-refractivity contribution in [2.24, 2.45) is 5.84 Å². The molecule has 1 aromatic heterocycles. The molecular weight excluding hydrogens is 146 g/mol. The molecule has 0 saturated carbocycles. The summed E-state index contributed by atoms with van der Waals surface area (Å²) in [6, 6.07) is 0.0975. The maximum Gasteiger partial charge on any atom is 0.333 e. The van der Waals surface area contributed by atoms with Gasteiger partial charge in [-0.15, -0.1) is 0 Å². The Hall–Kier alpha value is -1.23. The van der Waals surface area contributed by atoms with Crippen LogP contribution in [0.5, 0.6) is 5.95 Å². The van der Waals surface area contributed by atoms with Crippen molar-refractivity contribution >= 4 is 5.69 Å². The van der Waals surface area contributed by atoms with E-state index in [1.54, 1.807) is 0 Å². The zero-order chi connectivity index (χ0) is 8.43. The first kappa shape index (κ1) is 7.87. The van der Waals surface area contributed by atoms with Crippen LogP contribution in [0, 0.1) is 0 Å². The average Bonchev–Trinajstić information content (AvgIpc) is 2.33. The normalized spacial score (nSPS) is 10.5. The molecule has 0 aromatic carbocycles. The second-order valence-electron chi connectivity index (χ2n) is 2.52. The van der Waals surface area contributed by atoms with Crippen LogP contribution in [-0.2, 0) is 0 Å². The molecule has 0 aliphatic carbocycles. The lowest BCUT2D eigenvalue weighted by Crippen LogP contribution is -2.37. The molecule has 0 saturated heterocycles. The molecular formula is C6H11N3O2. The predicted octanol–water partition coefficient (Wildman–Crippen LogP) is 0.469. The lowest BCUT2D eigenvalue weighted by atomic mass is 10.3. The van der Waals surface area contributed by atoms with Crippen molar-refractivity contribution < 1.29 is 9.63 Å². The highest BCUT2D eigenvalue weighted by atomic mass is 16.5. The average molecular weight is 157 g/mol. The second kappa shape index (κ2) is 2.79. The van der Waals surface area contributed by atoms with Gasteiger partial charge in [-0.25, -0.2) is 5.84 Å². The van der Waals surface area contributed by atoms with Crippen LogP contribution in [0.2, 0.25) is 0 Å². The number of nitrogens with two attached hydrogens (primary N) is 1. The van der Waals surface area contributed by atoms with Gasteiger partial charge < -0.3 is 14.6 Å². The summed E-state index contributed by atoms with van der Waals surface area (Å²) in [5.74, 6) is 5.31. The van der Waals surface area contributed by atoms with Crippen LogP contribution in [-0.4, -0.2) is 16.3 Å². The van der Waals surface area contributed by atoms with Gasteiger partial charge in [0.1, 0.15) is 0 Å². The summed E-state index contributed by atoms with van der Waals surface area (Å²) >= 11 is 0. The van der Waals surface area contributed by atoms with Gasteiger partial charge in [0.15, 0.2) is 5.69 Å². The third-order valence-electron chi connectivity index (χ3n) is 1.37. The number of anilines is 1. The number of hydrogen-bond donors (Lipinski definition) is 2. The highest BCUT2D eigenvalue weighted by Gasteiger charge is 2.13. The number of rotatable bonds is 2. The third kappa shape index (κ3) is 1.43. The fraction of sp³-hybridized carbons (Fsp3) is 0.500. The molecule has 62 valence electrons. The van der Waals surface area contributed by atoms with Gasteiger partial charge in [0.25, 0.3) is 0 Å². The van der Waals surface area contributed by atoms with E-state index in [-0.39, 0.29) is 12.0 Å². The molecule has 0 bridgehead atoms. The van der Waals surface area contributed by atoms with Gasteiger partial charge in [0.2, 0.25) is 0 Å². The summed E-state index contributed by atoms with van der Waals surface area (Å²) in [7, 11) is 0. The minimum Gasteiger partial charge on any atom is -0.478 e. The molecule has 11 heavy (non-hydrogen) atoms. The Morgan fingerprint density at radius 2 is 2.36 bits per heavy atom. The zero-order valence-corrected chi connectivity index (χ0v) is 6.48. The summed E-state index contributed by atoms with van der Waals surface area (Å²) in [6.07, 6.45) is 1.37. The van der Waals surface area contributed by atoms with Crippen LogP contribution < -0.4 is 10.9 Å². The summed E-state index contributed by atoms with van der Waals surface area (Å²) in [5, 5.41) is 13.8. The van der Waals surface area contributed by atoms with E-state index in [0.717, 1.165) is 0 Å². The maximum absolute atomic E-state index is 9.02. The Morgan fingerprint density at radius 1 is 1.73 bits per heavy atom. The van der Waals surface area contributed by atoms with Crippen LogP contribution in [0.3, 0.4) is 0 Å². The molecule has 3 N–H and O–H groups in total. The molecule has 5 heteroatoms. The molecule has 1 aromatic rings. The topological polar surface area (TPSA) is 75.5 Å². The quantitative estimate of drug-likeness (QED) is 0.482. The third-order valence-corrected chi connectivity index (χ3v) is 1.37. The molecule has 0 aliphatic rings. The van der Waals surface area contributed by atoms with Crippen molar-refractivity contribution in [2.75, 3.05) is 5.01 Å². The highest BCUT2D eigenvalue weighted by molar-refractivity contribution is 5.50. The summed E-state index contributed by atoms with van der Waals surface area (Å²) in [5.41, 5.74) is 0.403. The zero-order valence-electron chi connectivity index (χ0n) is 6.48. The molecule has 0 fully saturated rings. The first-order valence-corrected chi connectivity index (χ1v) is 3.30. The van der Waals surface area contributed by atoms with E-state index in [2.05, 4.69) is 9.68 Å². The molecule has 0 spiro atoms. The highest BCUT2D eigenvalue weighted by Crippen LogP contribution is 2.24. The van der Waals surface area contributed by atoms with Gasteiger partial charge >= 0.3 is 5.95 Å². The van der Waals surface area contributed by atoms with Crippen LogP contribution in [0.1, 0.15) is 13.8 Å². The molecule has 0 atom stereocenters. The molecule has 0 aliphatic heterocycles. The summed E-state index contributed by atoms with van der Waals surface area (Å²) < 4.78 is 4.42. The molecule has 0 amide bonds. The van der Waals surface area contributed by atoms with Gasteiger partial charge in [-0.2, -0.15) is 0 Å². The van der Waals surface area contributed by atoms with Crippen LogP contribution in [0.25, 0.3) is 0 Å². The first-order valence-electron chi connectivity index (χ1n) is 3.30. The van der Waals surface area contributed by atoms with Crippen molar-refractivity contribution in [1.82, 2.24) is 5.16 Å². The standard InChI is InChI=1S/C6H11N3O2/c1-4(2)9(7)5-3-8-11-6(5)10/h3-4,10H,7H2,1-2H3. The monoisotopic (exact) mass is 157 g/mol. The fourth-order valence-corrected chi connectivity index (χ4v) is 0.683. The molecule has 1 rings (SSSR count). The summed E-state index contributed by atoms with van der Waals surface area (Å²) in [4.78, 5) is 0. The SMILES string of the molecule is CC(C)N(N)c1cnoc1O.